The number of aromatic nitrogens is 1. The third-order valence-corrected chi connectivity index (χ3v) is 9.67. The van der Waals surface area contributed by atoms with E-state index in [1.54, 1.807) is 13.8 Å². The van der Waals surface area contributed by atoms with E-state index in [0.717, 1.165) is 29.6 Å². The van der Waals surface area contributed by atoms with Gasteiger partial charge in [-0.2, -0.15) is 0 Å². The van der Waals surface area contributed by atoms with Crippen LogP contribution in [0.4, 0.5) is 5.82 Å². The Morgan fingerprint density at radius 2 is 2.00 bits per heavy atom. The third-order valence-electron chi connectivity index (χ3n) is 4.22. The fourth-order valence-electron chi connectivity index (χ4n) is 2.61. The van der Waals surface area contributed by atoms with Crippen molar-refractivity contribution < 1.29 is 12.6 Å². The minimum Gasteiger partial charge on any atom is -0.353 e. The molecule has 0 amide bonds. The number of nitrogens with zero attached hydrogens (tertiary/aromatic N) is 2. The molecule has 1 aliphatic heterocycles. The molecule has 0 aliphatic carbocycles. The Bertz CT molecular complexity index is 849. The average Bonchev–Trinajstić information content (AvgIpc) is 2.51. The maximum atomic E-state index is 12.2. The van der Waals surface area contributed by atoms with Gasteiger partial charge in [0.15, 0.2) is 0 Å². The zero-order valence-electron chi connectivity index (χ0n) is 13.2. The van der Waals surface area contributed by atoms with E-state index in [9.17, 15) is 12.6 Å². The number of fused-ring (bicyclic) bond motifs is 1. The van der Waals surface area contributed by atoms with Crippen LogP contribution in [0.25, 0.3) is 10.8 Å². The molecule has 1 aromatic heterocycles. The summed E-state index contributed by atoms with van der Waals surface area (Å²) in [4.78, 5) is 6.50. The van der Waals surface area contributed by atoms with Crippen molar-refractivity contribution >= 4 is 35.3 Å². The molecular weight excluding hydrogens is 332 g/mol. The highest BCUT2D eigenvalue weighted by Crippen LogP contribution is 2.28. The first-order valence-corrected chi connectivity index (χ1v) is 11.0. The van der Waals surface area contributed by atoms with Crippen LogP contribution in [0.2, 0.25) is 0 Å². The van der Waals surface area contributed by atoms with E-state index >= 15 is 0 Å². The standard InChI is InChI=1S/C16H20N2O3S2/c1-12(2)23(20,21)22(19)11-15-7-8-18(15)16-9-13-5-3-4-6-14(13)10-17-16/h3-6,9-10,12,15H,7-8,11H2,1-2H3. The third kappa shape index (κ3) is 3.12. The van der Waals surface area contributed by atoms with E-state index in [-0.39, 0.29) is 11.8 Å². The average molecular weight is 352 g/mol. The van der Waals surface area contributed by atoms with Crippen molar-refractivity contribution in [1.29, 1.82) is 0 Å². The highest BCUT2D eigenvalue weighted by Gasteiger charge is 2.35. The summed E-state index contributed by atoms with van der Waals surface area (Å²) >= 11 is 0. The van der Waals surface area contributed by atoms with Crippen LogP contribution in [0.5, 0.6) is 0 Å². The zero-order chi connectivity index (χ0) is 16.6. The van der Waals surface area contributed by atoms with Crippen LogP contribution in [0.3, 0.4) is 0 Å². The molecule has 23 heavy (non-hydrogen) atoms. The van der Waals surface area contributed by atoms with Crippen molar-refractivity contribution in [2.45, 2.75) is 31.6 Å². The zero-order valence-corrected chi connectivity index (χ0v) is 14.8. The first-order valence-electron chi connectivity index (χ1n) is 7.64. The van der Waals surface area contributed by atoms with Crippen LogP contribution in [0, 0.1) is 0 Å². The van der Waals surface area contributed by atoms with Gasteiger partial charge in [-0.15, -0.1) is 0 Å². The van der Waals surface area contributed by atoms with Gasteiger partial charge in [0.2, 0.25) is 8.87 Å². The second-order valence-electron chi connectivity index (χ2n) is 6.04. The summed E-state index contributed by atoms with van der Waals surface area (Å²) < 4.78 is 36.2. The molecule has 0 radical (unpaired) electrons. The molecule has 1 saturated heterocycles. The van der Waals surface area contributed by atoms with Crippen LogP contribution in [0.1, 0.15) is 20.3 Å². The van der Waals surface area contributed by atoms with Gasteiger partial charge in [-0.05, 0) is 31.7 Å². The van der Waals surface area contributed by atoms with Crippen LogP contribution >= 0.6 is 0 Å². The molecule has 0 saturated carbocycles. The predicted octanol–water partition coefficient (Wildman–Crippen LogP) is 2.30. The minimum atomic E-state index is -3.56. The van der Waals surface area contributed by atoms with E-state index in [0.29, 0.717) is 0 Å². The van der Waals surface area contributed by atoms with Gasteiger partial charge < -0.3 is 4.90 Å². The molecule has 2 atom stereocenters. The number of benzene rings is 1. The summed E-state index contributed by atoms with van der Waals surface area (Å²) in [5, 5.41) is 1.55. The van der Waals surface area contributed by atoms with Gasteiger partial charge in [0, 0.05) is 24.2 Å². The second-order valence-corrected chi connectivity index (χ2v) is 11.4. The smallest absolute Gasteiger partial charge is 0.231 e. The summed E-state index contributed by atoms with van der Waals surface area (Å²) in [6, 6.07) is 9.94. The van der Waals surface area contributed by atoms with Gasteiger partial charge in [0.05, 0.1) is 11.0 Å². The highest BCUT2D eigenvalue weighted by atomic mass is 33.2. The number of pyridine rings is 1. The lowest BCUT2D eigenvalue weighted by atomic mass is 10.0. The molecule has 1 aliphatic rings. The predicted molar refractivity (Wildman–Crippen MR) is 94.6 cm³/mol. The number of hydrogen-bond acceptors (Lipinski definition) is 5. The fraction of sp³-hybridized carbons (Fsp3) is 0.438. The van der Waals surface area contributed by atoms with E-state index in [1.807, 2.05) is 41.4 Å². The van der Waals surface area contributed by atoms with E-state index in [1.165, 1.54) is 0 Å². The Morgan fingerprint density at radius 1 is 1.30 bits per heavy atom. The molecule has 2 aromatic rings. The van der Waals surface area contributed by atoms with Crippen molar-refractivity contribution in [2.24, 2.45) is 0 Å². The number of hydrogen-bond donors (Lipinski definition) is 0. The molecule has 2 unspecified atom stereocenters. The van der Waals surface area contributed by atoms with E-state index in [2.05, 4.69) is 4.98 Å². The molecule has 0 spiro atoms. The fourth-order valence-corrected chi connectivity index (χ4v) is 6.22. The topological polar surface area (TPSA) is 67.3 Å². The normalized spacial score (nSPS) is 19.8. The Kier molecular flexibility index (Phi) is 4.42. The molecule has 3 rings (SSSR count). The lowest BCUT2D eigenvalue weighted by molar-refractivity contribution is 0.479. The lowest BCUT2D eigenvalue weighted by Crippen LogP contribution is -2.51. The molecule has 1 aromatic carbocycles. The van der Waals surface area contributed by atoms with Gasteiger partial charge in [-0.25, -0.2) is 17.6 Å². The van der Waals surface area contributed by atoms with Crippen molar-refractivity contribution in [1.82, 2.24) is 4.98 Å². The van der Waals surface area contributed by atoms with Gasteiger partial charge >= 0.3 is 0 Å². The van der Waals surface area contributed by atoms with Crippen molar-refractivity contribution in [2.75, 3.05) is 17.2 Å². The molecular formula is C16H20N2O3S2. The van der Waals surface area contributed by atoms with Gasteiger partial charge in [-0.1, -0.05) is 24.3 Å². The molecule has 0 N–H and O–H groups in total. The van der Waals surface area contributed by atoms with Crippen molar-refractivity contribution in [3.8, 4) is 0 Å². The van der Waals surface area contributed by atoms with Crippen molar-refractivity contribution in [3.63, 3.8) is 0 Å². The summed E-state index contributed by atoms with van der Waals surface area (Å²) in [6.07, 6.45) is 2.66. The Hall–Kier alpha value is -1.47. The summed E-state index contributed by atoms with van der Waals surface area (Å²) in [5.41, 5.74) is 0. The molecule has 5 nitrogen and oxygen atoms in total. The van der Waals surface area contributed by atoms with Crippen molar-refractivity contribution in [3.05, 3.63) is 36.5 Å². The Labute approximate surface area is 138 Å². The maximum absolute atomic E-state index is 12.2. The quantitative estimate of drug-likeness (QED) is 0.773. The molecule has 124 valence electrons. The summed E-state index contributed by atoms with van der Waals surface area (Å²) in [6.45, 7) is 3.95. The van der Waals surface area contributed by atoms with Gasteiger partial charge in [0.1, 0.15) is 15.6 Å². The first kappa shape index (κ1) is 16.4. The van der Waals surface area contributed by atoms with Crippen LogP contribution < -0.4 is 4.90 Å². The first-order chi connectivity index (χ1) is 10.9. The number of anilines is 1. The molecule has 0 bridgehead atoms. The minimum absolute atomic E-state index is 0.0296. The maximum Gasteiger partial charge on any atom is 0.231 e. The van der Waals surface area contributed by atoms with E-state index in [4.69, 9.17) is 0 Å². The largest absolute Gasteiger partial charge is 0.353 e. The monoisotopic (exact) mass is 352 g/mol. The van der Waals surface area contributed by atoms with Gasteiger partial charge in [0.25, 0.3) is 0 Å². The van der Waals surface area contributed by atoms with Gasteiger partial charge in [-0.3, -0.25) is 0 Å². The number of rotatable bonds is 5. The van der Waals surface area contributed by atoms with Crippen LogP contribution in [-0.2, 0) is 18.7 Å². The Balaban J connectivity index is 1.77. The highest BCUT2D eigenvalue weighted by molar-refractivity contribution is 8.64. The molecule has 2 heterocycles. The SMILES string of the molecule is CC(C)S(=O)(=O)S(=O)CC1CCN1c1cc2ccccc2cn1. The molecule has 7 heteroatoms. The van der Waals surface area contributed by atoms with E-state index < -0.39 is 24.0 Å². The second kappa shape index (κ2) is 6.20. The van der Waals surface area contributed by atoms with Crippen LogP contribution in [0.15, 0.2) is 36.5 Å². The Morgan fingerprint density at radius 3 is 2.61 bits per heavy atom. The molecule has 1 fully saturated rings. The lowest BCUT2D eigenvalue weighted by Gasteiger charge is -2.41. The van der Waals surface area contributed by atoms with Crippen LogP contribution in [-0.4, -0.2) is 41.2 Å². The summed E-state index contributed by atoms with van der Waals surface area (Å²) in [7, 11) is -5.42. The summed E-state index contributed by atoms with van der Waals surface area (Å²) in [5.74, 6) is 0.966.